The summed E-state index contributed by atoms with van der Waals surface area (Å²) in [6.45, 7) is 1.67. The first kappa shape index (κ1) is 18.3. The molecule has 0 amide bonds. The highest BCUT2D eigenvalue weighted by atomic mass is 16.4. The predicted molar refractivity (Wildman–Crippen MR) is 113 cm³/mol. The van der Waals surface area contributed by atoms with E-state index in [2.05, 4.69) is 29.2 Å². The first-order valence-electron chi connectivity index (χ1n) is 9.89. The Morgan fingerprint density at radius 1 is 0.857 bits per heavy atom. The molecule has 1 N–H and O–H groups in total. The molecule has 3 aromatic carbocycles. The summed E-state index contributed by atoms with van der Waals surface area (Å²) >= 11 is 0. The van der Waals surface area contributed by atoms with Gasteiger partial charge in [-0.3, -0.25) is 4.79 Å². The van der Waals surface area contributed by atoms with Gasteiger partial charge in [-0.1, -0.05) is 78.9 Å². The highest BCUT2D eigenvalue weighted by Gasteiger charge is 2.42. The zero-order chi connectivity index (χ0) is 19.4. The van der Waals surface area contributed by atoms with Crippen molar-refractivity contribution in [2.45, 2.75) is 24.7 Å². The van der Waals surface area contributed by atoms with Crippen molar-refractivity contribution in [2.75, 3.05) is 18.0 Å². The second-order valence-electron chi connectivity index (χ2n) is 7.41. The van der Waals surface area contributed by atoms with Gasteiger partial charge in [0, 0.05) is 18.8 Å². The first-order valence-corrected chi connectivity index (χ1v) is 9.89. The van der Waals surface area contributed by atoms with Crippen LogP contribution in [0.2, 0.25) is 0 Å². The molecule has 1 aliphatic heterocycles. The highest BCUT2D eigenvalue weighted by Crippen LogP contribution is 2.37. The number of aliphatic carboxylic acids is 1. The molecule has 28 heavy (non-hydrogen) atoms. The Kier molecular flexibility index (Phi) is 5.16. The van der Waals surface area contributed by atoms with Crippen LogP contribution in [0, 0.1) is 0 Å². The SMILES string of the molecule is O=C(O)C(CCN1CCCc2ccccc21)(c1ccccc1)c1ccccc1. The Morgan fingerprint density at radius 2 is 1.43 bits per heavy atom. The molecule has 3 nitrogen and oxygen atoms in total. The third kappa shape index (κ3) is 3.29. The van der Waals surface area contributed by atoms with Crippen molar-refractivity contribution in [3.63, 3.8) is 0 Å². The van der Waals surface area contributed by atoms with Gasteiger partial charge in [0.2, 0.25) is 0 Å². The van der Waals surface area contributed by atoms with E-state index >= 15 is 0 Å². The van der Waals surface area contributed by atoms with Gasteiger partial charge >= 0.3 is 5.97 Å². The molecule has 0 aromatic heterocycles. The second-order valence-corrected chi connectivity index (χ2v) is 7.41. The van der Waals surface area contributed by atoms with E-state index in [9.17, 15) is 9.90 Å². The Bertz CT molecular complexity index is 898. The van der Waals surface area contributed by atoms with Gasteiger partial charge in [-0.25, -0.2) is 0 Å². The van der Waals surface area contributed by atoms with Gasteiger partial charge in [0.1, 0.15) is 5.41 Å². The maximum atomic E-state index is 12.7. The lowest BCUT2D eigenvalue weighted by atomic mass is 9.72. The molecule has 0 bridgehead atoms. The van der Waals surface area contributed by atoms with Gasteiger partial charge in [-0.2, -0.15) is 0 Å². The number of aryl methyl sites for hydroxylation is 1. The number of nitrogens with zero attached hydrogens (tertiary/aromatic N) is 1. The maximum absolute atomic E-state index is 12.7. The van der Waals surface area contributed by atoms with Crippen LogP contribution in [-0.2, 0) is 16.6 Å². The Hall–Kier alpha value is -3.07. The van der Waals surface area contributed by atoms with Gasteiger partial charge in [0.25, 0.3) is 0 Å². The van der Waals surface area contributed by atoms with E-state index in [0.717, 1.165) is 30.5 Å². The molecule has 1 aliphatic rings. The summed E-state index contributed by atoms with van der Waals surface area (Å²) in [6.07, 6.45) is 2.71. The monoisotopic (exact) mass is 371 g/mol. The second kappa shape index (κ2) is 7.89. The molecular formula is C25H25NO2. The smallest absolute Gasteiger partial charge is 0.318 e. The summed E-state index contributed by atoms with van der Waals surface area (Å²) in [7, 11) is 0. The van der Waals surface area contributed by atoms with Crippen LogP contribution >= 0.6 is 0 Å². The van der Waals surface area contributed by atoms with Crippen molar-refractivity contribution in [3.05, 3.63) is 102 Å². The number of carboxylic acid groups (broad SMARTS) is 1. The molecule has 0 atom stereocenters. The van der Waals surface area contributed by atoms with Crippen LogP contribution in [0.15, 0.2) is 84.9 Å². The Labute approximate surface area is 166 Å². The van der Waals surface area contributed by atoms with Gasteiger partial charge in [-0.15, -0.1) is 0 Å². The minimum absolute atomic E-state index is 0.519. The number of carbonyl (C=O) groups is 1. The molecule has 0 saturated heterocycles. The molecule has 0 saturated carbocycles. The number of rotatable bonds is 6. The summed E-state index contributed by atoms with van der Waals surface area (Å²) in [6, 6.07) is 27.8. The lowest BCUT2D eigenvalue weighted by Gasteiger charge is -2.36. The quantitative estimate of drug-likeness (QED) is 0.670. The zero-order valence-electron chi connectivity index (χ0n) is 15.9. The van der Waals surface area contributed by atoms with Crippen LogP contribution in [-0.4, -0.2) is 24.2 Å². The highest BCUT2D eigenvalue weighted by molar-refractivity contribution is 5.86. The Morgan fingerprint density at radius 3 is 2.04 bits per heavy atom. The van der Waals surface area contributed by atoms with Gasteiger partial charge < -0.3 is 10.0 Å². The fourth-order valence-corrected chi connectivity index (χ4v) is 4.40. The molecule has 3 heteroatoms. The molecule has 0 unspecified atom stereocenters. The van der Waals surface area contributed by atoms with Gasteiger partial charge in [0.05, 0.1) is 0 Å². The van der Waals surface area contributed by atoms with E-state index in [-0.39, 0.29) is 0 Å². The standard InChI is InChI=1S/C25H25NO2/c27-24(28)25(21-12-3-1-4-13-21,22-14-5-2-6-15-22)17-19-26-18-9-11-20-10-7-8-16-23(20)26/h1-8,10,12-16H,9,11,17-19H2,(H,27,28). The average Bonchev–Trinajstić information content (AvgIpc) is 2.75. The van der Waals surface area contributed by atoms with Crippen molar-refractivity contribution in [1.29, 1.82) is 0 Å². The fraction of sp³-hybridized carbons (Fsp3) is 0.240. The number of anilines is 1. The van der Waals surface area contributed by atoms with Crippen LogP contribution in [0.3, 0.4) is 0 Å². The number of fused-ring (bicyclic) bond motifs is 1. The summed E-state index contributed by atoms with van der Waals surface area (Å²) in [5.41, 5.74) is 3.20. The van der Waals surface area contributed by atoms with E-state index in [0.29, 0.717) is 13.0 Å². The normalized spacial score (nSPS) is 13.8. The molecule has 0 spiro atoms. The number of benzene rings is 3. The molecule has 0 aliphatic carbocycles. The summed E-state index contributed by atoms with van der Waals surface area (Å²) in [5, 5.41) is 10.4. The molecule has 0 fully saturated rings. The molecular weight excluding hydrogens is 346 g/mol. The van der Waals surface area contributed by atoms with Crippen LogP contribution < -0.4 is 4.90 Å². The Balaban J connectivity index is 1.72. The number of hydrogen-bond acceptors (Lipinski definition) is 2. The van der Waals surface area contributed by atoms with E-state index < -0.39 is 11.4 Å². The van der Waals surface area contributed by atoms with Gasteiger partial charge in [-0.05, 0) is 42.0 Å². The maximum Gasteiger partial charge on any atom is 0.318 e. The van der Waals surface area contributed by atoms with Crippen molar-refractivity contribution < 1.29 is 9.90 Å². The summed E-state index contributed by atoms with van der Waals surface area (Å²) in [4.78, 5) is 15.1. The lowest BCUT2D eigenvalue weighted by molar-refractivity contribution is -0.142. The largest absolute Gasteiger partial charge is 0.480 e. The van der Waals surface area contributed by atoms with Crippen LogP contribution in [0.25, 0.3) is 0 Å². The minimum Gasteiger partial charge on any atom is -0.480 e. The average molecular weight is 371 g/mol. The topological polar surface area (TPSA) is 40.5 Å². The van der Waals surface area contributed by atoms with Crippen LogP contribution in [0.1, 0.15) is 29.5 Å². The van der Waals surface area contributed by atoms with Crippen molar-refractivity contribution in [3.8, 4) is 0 Å². The summed E-state index contributed by atoms with van der Waals surface area (Å²) in [5.74, 6) is -0.796. The third-order valence-electron chi connectivity index (χ3n) is 5.86. The summed E-state index contributed by atoms with van der Waals surface area (Å²) < 4.78 is 0. The van der Waals surface area contributed by atoms with E-state index in [1.165, 1.54) is 11.3 Å². The van der Waals surface area contributed by atoms with E-state index in [1.807, 2.05) is 60.7 Å². The lowest BCUT2D eigenvalue weighted by Crippen LogP contribution is -2.42. The van der Waals surface area contributed by atoms with Crippen LogP contribution in [0.5, 0.6) is 0 Å². The number of hydrogen-bond donors (Lipinski definition) is 1. The third-order valence-corrected chi connectivity index (χ3v) is 5.86. The zero-order valence-corrected chi connectivity index (χ0v) is 15.9. The number of carboxylic acids is 1. The molecule has 3 aromatic rings. The molecule has 4 rings (SSSR count). The van der Waals surface area contributed by atoms with E-state index in [4.69, 9.17) is 0 Å². The number of para-hydroxylation sites is 1. The van der Waals surface area contributed by atoms with Gasteiger partial charge in [0.15, 0.2) is 0 Å². The molecule has 142 valence electrons. The predicted octanol–water partition coefficient (Wildman–Crippen LogP) is 4.90. The minimum atomic E-state index is -1.06. The molecule has 1 heterocycles. The fourth-order valence-electron chi connectivity index (χ4n) is 4.40. The van der Waals surface area contributed by atoms with Crippen LogP contribution in [0.4, 0.5) is 5.69 Å². The first-order chi connectivity index (χ1) is 13.7. The van der Waals surface area contributed by atoms with Crippen molar-refractivity contribution in [2.24, 2.45) is 0 Å². The van der Waals surface area contributed by atoms with Crippen molar-refractivity contribution in [1.82, 2.24) is 0 Å². The van der Waals surface area contributed by atoms with Crippen molar-refractivity contribution >= 4 is 11.7 Å². The molecule has 0 radical (unpaired) electrons. The van der Waals surface area contributed by atoms with E-state index in [1.54, 1.807) is 0 Å².